The van der Waals surface area contributed by atoms with E-state index in [1.54, 1.807) is 0 Å². The molecule has 0 spiro atoms. The lowest BCUT2D eigenvalue weighted by atomic mass is 9.73. The molecule has 0 saturated carbocycles. The van der Waals surface area contributed by atoms with Gasteiger partial charge in [-0.1, -0.05) is 0 Å². The number of aliphatic imine (C=N–C) groups is 1. The Morgan fingerprint density at radius 3 is 2.35 bits per heavy atom. The number of amides is 2. The van der Waals surface area contributed by atoms with Crippen LogP contribution in [0.15, 0.2) is 50.9 Å². The van der Waals surface area contributed by atoms with Crippen molar-refractivity contribution in [1.82, 2.24) is 4.90 Å². The van der Waals surface area contributed by atoms with Gasteiger partial charge in [-0.05, 0) is 80.2 Å². The fourth-order valence-corrected chi connectivity index (χ4v) is 7.60. The third kappa shape index (κ3) is 3.72. The van der Waals surface area contributed by atoms with E-state index in [-0.39, 0.29) is 34.5 Å². The number of anilines is 2. The molecule has 1 saturated heterocycles. The van der Waals surface area contributed by atoms with Crippen LogP contribution in [0.1, 0.15) is 69.1 Å². The third-order valence-corrected chi connectivity index (χ3v) is 9.06. The molecule has 0 bridgehead atoms. The number of aliphatic hydroxyl groups is 1. The lowest BCUT2D eigenvalue weighted by molar-refractivity contribution is -0.116. The minimum Gasteiger partial charge on any atom is -0.506 e. The number of carbonyl (C=O) groups is 3. The van der Waals surface area contributed by atoms with Crippen molar-refractivity contribution < 1.29 is 19.5 Å². The number of hydrogen-bond acceptors (Lipinski definition) is 6. The molecule has 4 heterocycles. The first-order valence-corrected chi connectivity index (χ1v) is 14.6. The molecule has 8 heteroatoms. The summed E-state index contributed by atoms with van der Waals surface area (Å²) in [6.45, 7) is 6.84. The largest absolute Gasteiger partial charge is 0.506 e. The van der Waals surface area contributed by atoms with E-state index < -0.39 is 0 Å². The third-order valence-electron chi connectivity index (χ3n) is 9.06. The second-order valence-electron chi connectivity index (χ2n) is 11.7. The Labute approximate surface area is 233 Å². The average molecular weight is 539 g/mol. The maximum Gasteiger partial charge on any atom is 0.243 e. The molecular weight excluding hydrogens is 504 g/mol. The van der Waals surface area contributed by atoms with E-state index >= 15 is 0 Å². The van der Waals surface area contributed by atoms with Gasteiger partial charge < -0.3 is 20.2 Å². The molecule has 206 valence electrons. The van der Waals surface area contributed by atoms with E-state index in [0.717, 1.165) is 106 Å². The first-order valence-electron chi connectivity index (χ1n) is 14.6. The van der Waals surface area contributed by atoms with Crippen molar-refractivity contribution in [2.75, 3.05) is 36.4 Å². The Morgan fingerprint density at radius 2 is 1.62 bits per heavy atom. The Balaban J connectivity index is 1.42. The Bertz CT molecular complexity index is 1570. The van der Waals surface area contributed by atoms with Gasteiger partial charge in [0.15, 0.2) is 0 Å². The van der Waals surface area contributed by atoms with Crippen LogP contribution in [0.5, 0.6) is 0 Å². The molecule has 2 aliphatic carbocycles. The van der Waals surface area contributed by atoms with Gasteiger partial charge in [-0.15, -0.1) is 0 Å². The monoisotopic (exact) mass is 538 g/mol. The molecule has 0 unspecified atom stereocenters. The Kier molecular flexibility index (Phi) is 5.84. The van der Waals surface area contributed by atoms with Crippen molar-refractivity contribution >= 4 is 40.3 Å². The van der Waals surface area contributed by atoms with Gasteiger partial charge in [0.25, 0.3) is 0 Å². The lowest BCUT2D eigenvalue weighted by Gasteiger charge is -2.42. The van der Waals surface area contributed by atoms with E-state index in [0.29, 0.717) is 22.5 Å². The van der Waals surface area contributed by atoms with Crippen LogP contribution in [-0.2, 0) is 27.2 Å². The number of nitrogens with one attached hydrogen (secondary N) is 1. The van der Waals surface area contributed by atoms with Crippen molar-refractivity contribution in [2.24, 2.45) is 4.99 Å². The summed E-state index contributed by atoms with van der Waals surface area (Å²) in [5.41, 5.74) is 9.47. The summed E-state index contributed by atoms with van der Waals surface area (Å²) in [5.74, 6) is -0.881. The summed E-state index contributed by atoms with van der Waals surface area (Å²) in [7, 11) is 0. The second kappa shape index (κ2) is 9.32. The Hall–Kier alpha value is -3.94. The molecule has 1 fully saturated rings. The summed E-state index contributed by atoms with van der Waals surface area (Å²) in [5, 5.41) is 14.6. The quantitative estimate of drug-likeness (QED) is 0.535. The number of rotatable bonds is 2. The smallest absolute Gasteiger partial charge is 0.243 e. The molecule has 6 aliphatic rings. The Morgan fingerprint density at radius 1 is 0.925 bits per heavy atom. The number of aryl methyl sites for hydroxylation is 1. The molecule has 0 aromatic heterocycles. The lowest BCUT2D eigenvalue weighted by Crippen LogP contribution is -2.38. The van der Waals surface area contributed by atoms with Gasteiger partial charge in [-0.25, -0.2) is 4.99 Å². The van der Waals surface area contributed by atoms with Crippen LogP contribution in [0.3, 0.4) is 0 Å². The van der Waals surface area contributed by atoms with Crippen LogP contribution in [0.4, 0.5) is 11.4 Å². The van der Waals surface area contributed by atoms with Gasteiger partial charge >= 0.3 is 0 Å². The zero-order chi connectivity index (χ0) is 27.7. The van der Waals surface area contributed by atoms with E-state index in [9.17, 15) is 19.5 Å². The minimum atomic E-state index is -0.326. The molecule has 40 heavy (non-hydrogen) atoms. The van der Waals surface area contributed by atoms with Crippen molar-refractivity contribution in [3.05, 3.63) is 62.6 Å². The van der Waals surface area contributed by atoms with Crippen molar-refractivity contribution in [1.29, 1.82) is 0 Å². The molecule has 4 aliphatic heterocycles. The van der Waals surface area contributed by atoms with Crippen LogP contribution in [-0.4, -0.2) is 59.5 Å². The number of piperidine rings is 1. The number of benzene rings is 1. The van der Waals surface area contributed by atoms with Crippen LogP contribution >= 0.6 is 0 Å². The van der Waals surface area contributed by atoms with Crippen molar-refractivity contribution in [2.45, 2.75) is 65.2 Å². The predicted octanol–water partition coefficient (Wildman–Crippen LogP) is 4.56. The number of nitrogens with zero attached hydrogens (tertiary/aromatic N) is 3. The maximum atomic E-state index is 14.0. The van der Waals surface area contributed by atoms with Gasteiger partial charge in [0.2, 0.25) is 17.6 Å². The fourth-order valence-electron chi connectivity index (χ4n) is 7.60. The van der Waals surface area contributed by atoms with E-state index in [4.69, 9.17) is 0 Å². The first-order chi connectivity index (χ1) is 19.3. The van der Waals surface area contributed by atoms with Crippen molar-refractivity contribution in [3.8, 4) is 0 Å². The SMILES string of the molecule is CC(=O)N=C1C2=C3C(=C/C1=C1/C(=O)C(c4cc5c6c(c4NC(C)=O)CCCN6CCC5)=C1O)CCCN3CCC2. The summed E-state index contributed by atoms with van der Waals surface area (Å²) in [6.07, 6.45) is 9.36. The first kappa shape index (κ1) is 25.1. The molecular formula is C32H34N4O4. The number of aliphatic hydroxyl groups excluding tert-OH is 1. The highest BCUT2D eigenvalue weighted by atomic mass is 16.3. The number of Topliss-reactive ketones (excluding diaryl/α,β-unsaturated/α-hetero) is 1. The van der Waals surface area contributed by atoms with E-state index in [1.165, 1.54) is 19.5 Å². The number of ketones is 1. The van der Waals surface area contributed by atoms with Gasteiger partial charge in [-0.3, -0.25) is 14.4 Å². The highest BCUT2D eigenvalue weighted by Crippen LogP contribution is 2.49. The standard InChI is InChI=1S/C32H34N4O4/c1-17(37)33-27-21-9-5-13-35-11-3-7-19(29(21)35)15-23(27)25-31(39)26(32(25)40)24-16-20-8-4-12-36-14-6-10-22(30(20)36)28(24)34-18(2)38/h15-16,39H,3-14H2,1-2H3,(H,33,37)/b26-24-,34-28?. The summed E-state index contributed by atoms with van der Waals surface area (Å²) in [4.78, 5) is 47.8. The summed E-state index contributed by atoms with van der Waals surface area (Å²) < 4.78 is 0. The van der Waals surface area contributed by atoms with E-state index in [1.807, 2.05) is 12.1 Å². The van der Waals surface area contributed by atoms with Crippen LogP contribution in [0.2, 0.25) is 0 Å². The normalized spacial score (nSPS) is 24.5. The van der Waals surface area contributed by atoms with Crippen molar-refractivity contribution in [3.63, 3.8) is 0 Å². The molecule has 7 rings (SSSR count). The van der Waals surface area contributed by atoms with Gasteiger partial charge in [-0.2, -0.15) is 0 Å². The zero-order valence-electron chi connectivity index (χ0n) is 23.2. The fraction of sp³-hybridized carbons (Fsp3) is 0.438. The molecule has 2 amide bonds. The second-order valence-corrected chi connectivity index (χ2v) is 11.7. The number of hydrogen-bond donors (Lipinski definition) is 2. The zero-order valence-corrected chi connectivity index (χ0v) is 23.2. The average Bonchev–Trinajstić information content (AvgIpc) is 2.93. The van der Waals surface area contributed by atoms with Gasteiger partial charge in [0.1, 0.15) is 5.76 Å². The maximum absolute atomic E-state index is 14.0. The van der Waals surface area contributed by atoms with Crippen LogP contribution < -0.4 is 10.2 Å². The highest BCUT2D eigenvalue weighted by Gasteiger charge is 2.43. The van der Waals surface area contributed by atoms with Crippen LogP contribution in [0.25, 0.3) is 5.57 Å². The predicted molar refractivity (Wildman–Crippen MR) is 154 cm³/mol. The van der Waals surface area contributed by atoms with E-state index in [2.05, 4.69) is 20.1 Å². The van der Waals surface area contributed by atoms with Crippen LogP contribution in [0, 0.1) is 0 Å². The molecule has 1 aromatic rings. The molecule has 0 radical (unpaired) electrons. The molecule has 2 N–H and O–H groups in total. The molecule has 8 nitrogen and oxygen atoms in total. The summed E-state index contributed by atoms with van der Waals surface area (Å²) in [6, 6.07) is 2.00. The molecule has 0 atom stereocenters. The highest BCUT2D eigenvalue weighted by molar-refractivity contribution is 6.42. The minimum absolute atomic E-state index is 0.0807. The van der Waals surface area contributed by atoms with Gasteiger partial charge in [0.05, 0.1) is 22.5 Å². The topological polar surface area (TPSA) is 102 Å². The summed E-state index contributed by atoms with van der Waals surface area (Å²) >= 11 is 0. The van der Waals surface area contributed by atoms with Gasteiger partial charge in [0, 0.05) is 68.1 Å². The number of carbonyl (C=O) groups excluding carboxylic acids is 3. The molecule has 1 aromatic carbocycles. The number of allylic oxidation sites excluding steroid dienone is 6.